The van der Waals surface area contributed by atoms with Gasteiger partial charge in [0, 0.05) is 16.6 Å². The fourth-order valence-electron chi connectivity index (χ4n) is 4.38. The number of phenolic OH excluding ortho intramolecular Hbond substituents is 1. The Labute approximate surface area is 177 Å². The first-order valence-electron chi connectivity index (χ1n) is 9.20. The van der Waals surface area contributed by atoms with E-state index in [1.54, 1.807) is 24.3 Å². The van der Waals surface area contributed by atoms with Gasteiger partial charge in [0.25, 0.3) is 0 Å². The van der Waals surface area contributed by atoms with Gasteiger partial charge in [-0.2, -0.15) is 0 Å². The summed E-state index contributed by atoms with van der Waals surface area (Å²) < 4.78 is 5.20. The van der Waals surface area contributed by atoms with E-state index in [-0.39, 0.29) is 17.0 Å². The van der Waals surface area contributed by atoms with Gasteiger partial charge in [-0.1, -0.05) is 17.7 Å². The summed E-state index contributed by atoms with van der Waals surface area (Å²) in [4.78, 5) is 39.8. The molecule has 30 heavy (non-hydrogen) atoms. The Kier molecular flexibility index (Phi) is 4.71. The molecule has 2 aliphatic rings. The number of carbonyl (C=O) groups excluding carboxylic acids is 2. The number of fused-ring (bicyclic) bond motifs is 1. The topological polar surface area (TPSA) is 116 Å². The van der Waals surface area contributed by atoms with E-state index in [9.17, 15) is 24.6 Å². The SMILES string of the molecule is COc1ccc(O)c([C@@H]2N[C@](C)(C(=O)O)[C@@H]3C(=O)N(c4cccc(Cl)c4)C(=O)[C@H]32)c1. The van der Waals surface area contributed by atoms with Crippen molar-refractivity contribution >= 4 is 35.1 Å². The van der Waals surface area contributed by atoms with Crippen LogP contribution in [0.15, 0.2) is 42.5 Å². The molecule has 2 heterocycles. The lowest BCUT2D eigenvalue weighted by Crippen LogP contribution is -2.53. The minimum atomic E-state index is -1.72. The van der Waals surface area contributed by atoms with Crippen LogP contribution in [-0.4, -0.2) is 40.6 Å². The van der Waals surface area contributed by atoms with Gasteiger partial charge in [-0.3, -0.25) is 19.7 Å². The van der Waals surface area contributed by atoms with Gasteiger partial charge in [0.2, 0.25) is 11.8 Å². The molecule has 9 heteroatoms. The number of rotatable bonds is 4. The molecule has 156 valence electrons. The second-order valence-corrected chi connectivity index (χ2v) is 7.99. The van der Waals surface area contributed by atoms with Crippen molar-refractivity contribution in [3.8, 4) is 11.5 Å². The van der Waals surface area contributed by atoms with E-state index in [1.165, 1.54) is 32.2 Å². The predicted octanol–water partition coefficient (Wildman–Crippen LogP) is 2.35. The molecule has 0 aromatic heterocycles. The first kappa shape index (κ1) is 20.2. The summed E-state index contributed by atoms with van der Waals surface area (Å²) in [6.45, 7) is 1.37. The number of hydrogen-bond acceptors (Lipinski definition) is 6. The van der Waals surface area contributed by atoms with Gasteiger partial charge in [0.05, 0.1) is 24.6 Å². The van der Waals surface area contributed by atoms with E-state index in [4.69, 9.17) is 16.3 Å². The number of aliphatic carboxylic acids is 1. The van der Waals surface area contributed by atoms with Crippen molar-refractivity contribution in [1.29, 1.82) is 0 Å². The number of carboxylic acids is 1. The predicted molar refractivity (Wildman–Crippen MR) is 108 cm³/mol. The number of hydrogen-bond donors (Lipinski definition) is 3. The van der Waals surface area contributed by atoms with Crippen LogP contribution >= 0.6 is 11.6 Å². The van der Waals surface area contributed by atoms with Crippen molar-refractivity contribution in [2.24, 2.45) is 11.8 Å². The second kappa shape index (κ2) is 7.00. The minimum absolute atomic E-state index is 0.136. The van der Waals surface area contributed by atoms with Crippen LogP contribution in [0.25, 0.3) is 0 Å². The summed E-state index contributed by atoms with van der Waals surface area (Å²) in [5.41, 5.74) is -1.16. The number of amides is 2. The Morgan fingerprint density at radius 2 is 1.93 bits per heavy atom. The number of nitrogens with zero attached hydrogens (tertiary/aromatic N) is 1. The Hall–Kier alpha value is -3.10. The van der Waals surface area contributed by atoms with Gasteiger partial charge in [-0.25, -0.2) is 4.90 Å². The molecule has 2 aromatic rings. The zero-order valence-corrected chi connectivity index (χ0v) is 16.9. The van der Waals surface area contributed by atoms with Gasteiger partial charge in [0.15, 0.2) is 0 Å². The van der Waals surface area contributed by atoms with E-state index < -0.39 is 41.2 Å². The first-order chi connectivity index (χ1) is 14.2. The van der Waals surface area contributed by atoms with Crippen LogP contribution in [0.5, 0.6) is 11.5 Å². The number of halogens is 1. The van der Waals surface area contributed by atoms with E-state index in [2.05, 4.69) is 5.32 Å². The zero-order chi connectivity index (χ0) is 21.8. The van der Waals surface area contributed by atoms with Crippen molar-refractivity contribution in [3.63, 3.8) is 0 Å². The number of carbonyl (C=O) groups is 3. The van der Waals surface area contributed by atoms with Gasteiger partial charge < -0.3 is 14.9 Å². The molecule has 4 rings (SSSR count). The van der Waals surface area contributed by atoms with Gasteiger partial charge >= 0.3 is 5.97 Å². The molecule has 0 radical (unpaired) electrons. The molecular weight excluding hydrogens is 412 g/mol. The normalized spacial score (nSPS) is 28.0. The van der Waals surface area contributed by atoms with E-state index >= 15 is 0 Å². The van der Waals surface area contributed by atoms with Crippen molar-refractivity contribution < 1.29 is 29.3 Å². The lowest BCUT2D eigenvalue weighted by atomic mass is 9.80. The molecule has 8 nitrogen and oxygen atoms in total. The number of methoxy groups -OCH3 is 1. The summed E-state index contributed by atoms with van der Waals surface area (Å²) in [6.07, 6.45) is 0. The molecule has 2 amide bonds. The lowest BCUT2D eigenvalue weighted by Gasteiger charge is -2.27. The highest BCUT2D eigenvalue weighted by molar-refractivity contribution is 6.31. The molecular formula is C21H19ClN2O6. The van der Waals surface area contributed by atoms with Gasteiger partial charge in [-0.15, -0.1) is 0 Å². The highest BCUT2D eigenvalue weighted by atomic mass is 35.5. The summed E-state index contributed by atoms with van der Waals surface area (Å²) >= 11 is 6.02. The monoisotopic (exact) mass is 430 g/mol. The third-order valence-corrected chi connectivity index (χ3v) is 6.10. The number of nitrogens with one attached hydrogen (secondary N) is 1. The number of benzene rings is 2. The summed E-state index contributed by atoms with van der Waals surface area (Å²) in [5.74, 6) is -4.37. The number of imide groups is 1. The van der Waals surface area contributed by atoms with E-state index in [1.807, 2.05) is 0 Å². The fourth-order valence-corrected chi connectivity index (χ4v) is 4.57. The van der Waals surface area contributed by atoms with Crippen LogP contribution in [0.2, 0.25) is 5.02 Å². The second-order valence-electron chi connectivity index (χ2n) is 7.55. The van der Waals surface area contributed by atoms with Crippen molar-refractivity contribution in [3.05, 3.63) is 53.1 Å². The van der Waals surface area contributed by atoms with Crippen LogP contribution in [0.4, 0.5) is 5.69 Å². The van der Waals surface area contributed by atoms with Crippen LogP contribution in [0, 0.1) is 11.8 Å². The molecule has 0 spiro atoms. The average Bonchev–Trinajstić information content (AvgIpc) is 3.16. The summed E-state index contributed by atoms with van der Waals surface area (Å²) in [7, 11) is 1.45. The van der Waals surface area contributed by atoms with Gasteiger partial charge in [-0.05, 0) is 43.3 Å². The number of ether oxygens (including phenoxy) is 1. The van der Waals surface area contributed by atoms with Crippen LogP contribution in [-0.2, 0) is 14.4 Å². The molecule has 0 unspecified atom stereocenters. The van der Waals surface area contributed by atoms with Crippen molar-refractivity contribution in [2.45, 2.75) is 18.5 Å². The molecule has 2 aromatic carbocycles. The van der Waals surface area contributed by atoms with E-state index in [0.29, 0.717) is 10.8 Å². The molecule has 0 bridgehead atoms. The molecule has 4 atom stereocenters. The Morgan fingerprint density at radius 1 is 1.20 bits per heavy atom. The molecule has 3 N–H and O–H groups in total. The van der Waals surface area contributed by atoms with Crippen molar-refractivity contribution in [1.82, 2.24) is 5.32 Å². The molecule has 0 aliphatic carbocycles. The summed E-state index contributed by atoms with van der Waals surface area (Å²) in [6, 6.07) is 9.81. The molecule has 2 fully saturated rings. The number of anilines is 1. The fraction of sp³-hybridized carbons (Fsp3) is 0.286. The largest absolute Gasteiger partial charge is 0.508 e. The maximum Gasteiger partial charge on any atom is 0.324 e. The maximum atomic E-state index is 13.4. The Balaban J connectivity index is 1.86. The van der Waals surface area contributed by atoms with E-state index in [0.717, 1.165) is 4.90 Å². The van der Waals surface area contributed by atoms with Gasteiger partial charge in [0.1, 0.15) is 17.0 Å². The Morgan fingerprint density at radius 3 is 2.57 bits per heavy atom. The third kappa shape index (κ3) is 2.83. The Bertz CT molecular complexity index is 1070. The first-order valence-corrected chi connectivity index (χ1v) is 9.58. The standard InChI is InChI=1S/C21H19ClN2O6/c1-21(20(28)29)16-15(17(23-21)13-9-12(30-2)6-7-14(13)25)18(26)24(19(16)27)11-5-3-4-10(22)8-11/h3-9,15-17,23,25H,1-2H3,(H,28,29)/t15-,16+,17+,21+/m1/s1. The molecule has 2 saturated heterocycles. The molecule has 0 saturated carbocycles. The number of carboxylic acid groups (broad SMARTS) is 1. The highest BCUT2D eigenvalue weighted by Crippen LogP contribution is 2.51. The average molecular weight is 431 g/mol. The van der Waals surface area contributed by atoms with Crippen molar-refractivity contribution in [2.75, 3.05) is 12.0 Å². The number of aromatic hydroxyl groups is 1. The zero-order valence-electron chi connectivity index (χ0n) is 16.1. The van der Waals surface area contributed by atoms with Crippen LogP contribution < -0.4 is 15.0 Å². The number of phenols is 1. The minimum Gasteiger partial charge on any atom is -0.508 e. The smallest absolute Gasteiger partial charge is 0.324 e. The lowest BCUT2D eigenvalue weighted by molar-refractivity contribution is -0.147. The summed E-state index contributed by atoms with van der Waals surface area (Å²) in [5, 5.41) is 23.6. The highest BCUT2D eigenvalue weighted by Gasteiger charge is 2.67. The van der Waals surface area contributed by atoms with Crippen LogP contribution in [0.3, 0.4) is 0 Å². The molecule has 2 aliphatic heterocycles. The van der Waals surface area contributed by atoms with Crippen LogP contribution in [0.1, 0.15) is 18.5 Å². The maximum absolute atomic E-state index is 13.4. The third-order valence-electron chi connectivity index (χ3n) is 5.87. The quantitative estimate of drug-likeness (QED) is 0.637.